The fourth-order valence-corrected chi connectivity index (χ4v) is 3.86. The maximum Gasteiger partial charge on any atom is 0.255 e. The number of halogens is 1. The third-order valence-electron chi connectivity index (χ3n) is 5.33. The topological polar surface area (TPSA) is 88.9 Å². The van der Waals surface area contributed by atoms with Crippen molar-refractivity contribution in [3.8, 4) is 11.4 Å². The Hall–Kier alpha value is -3.19. The third kappa shape index (κ3) is 4.94. The van der Waals surface area contributed by atoms with Crippen LogP contribution in [0.2, 0.25) is 5.02 Å². The van der Waals surface area contributed by atoms with Crippen molar-refractivity contribution in [2.75, 3.05) is 5.32 Å². The smallest absolute Gasteiger partial charge is 0.255 e. The molecule has 0 aliphatic carbocycles. The number of anilines is 1. The molecular weight excluding hydrogens is 414 g/mol. The van der Waals surface area contributed by atoms with Gasteiger partial charge in [0.15, 0.2) is 5.82 Å². The summed E-state index contributed by atoms with van der Waals surface area (Å²) in [6.45, 7) is 2.77. The molecule has 3 aromatic rings. The summed E-state index contributed by atoms with van der Waals surface area (Å²) in [5, 5.41) is 15.0. The molecule has 0 radical (unpaired) electrons. The average molecular weight is 438 g/mol. The Morgan fingerprint density at radius 1 is 1.06 bits per heavy atom. The molecule has 0 atom stereocenters. The zero-order valence-corrected chi connectivity index (χ0v) is 18.1. The van der Waals surface area contributed by atoms with Gasteiger partial charge < -0.3 is 15.2 Å². The molecule has 1 aliphatic heterocycles. The number of fused-ring (bicyclic) bond motifs is 1. The van der Waals surface area contributed by atoms with Crippen molar-refractivity contribution >= 4 is 29.1 Å². The number of benzene rings is 2. The standard InChI is InChI=1S/C23H24ClN5O2/c1-15(30)25-14-16-6-8-17(9-7-16)23(31)26-18-10-11-20(24)19(13-18)22-28-27-21-5-3-2-4-12-29(21)22/h6-11,13H,2-5,12,14H2,1H3,(H,25,30)(H,26,31). The van der Waals surface area contributed by atoms with E-state index in [9.17, 15) is 9.59 Å². The zero-order valence-electron chi connectivity index (χ0n) is 17.3. The van der Waals surface area contributed by atoms with Crippen LogP contribution in [0.5, 0.6) is 0 Å². The molecule has 0 spiro atoms. The van der Waals surface area contributed by atoms with Crippen LogP contribution < -0.4 is 10.6 Å². The van der Waals surface area contributed by atoms with Gasteiger partial charge in [-0.3, -0.25) is 9.59 Å². The fourth-order valence-electron chi connectivity index (χ4n) is 3.66. The highest BCUT2D eigenvalue weighted by Crippen LogP contribution is 2.31. The van der Waals surface area contributed by atoms with Crippen LogP contribution in [0.1, 0.15) is 47.9 Å². The minimum absolute atomic E-state index is 0.0927. The van der Waals surface area contributed by atoms with Crippen LogP contribution in [-0.2, 0) is 24.3 Å². The van der Waals surface area contributed by atoms with Crippen LogP contribution in [0, 0.1) is 0 Å². The molecule has 160 valence electrons. The predicted octanol–water partition coefficient (Wildman–Crippen LogP) is 4.21. The summed E-state index contributed by atoms with van der Waals surface area (Å²) < 4.78 is 2.13. The quantitative estimate of drug-likeness (QED) is 0.625. The number of hydrogen-bond donors (Lipinski definition) is 2. The normalized spacial score (nSPS) is 13.2. The highest BCUT2D eigenvalue weighted by atomic mass is 35.5. The predicted molar refractivity (Wildman–Crippen MR) is 120 cm³/mol. The van der Waals surface area contributed by atoms with Gasteiger partial charge >= 0.3 is 0 Å². The molecule has 2 N–H and O–H groups in total. The lowest BCUT2D eigenvalue weighted by Gasteiger charge is -2.11. The first-order valence-corrected chi connectivity index (χ1v) is 10.8. The summed E-state index contributed by atoms with van der Waals surface area (Å²) in [7, 11) is 0. The van der Waals surface area contributed by atoms with E-state index in [0.717, 1.165) is 48.6 Å². The van der Waals surface area contributed by atoms with Crippen molar-refractivity contribution in [2.45, 2.75) is 45.7 Å². The Labute approximate surface area is 185 Å². The Balaban J connectivity index is 1.52. The summed E-state index contributed by atoms with van der Waals surface area (Å²) >= 11 is 6.47. The highest BCUT2D eigenvalue weighted by molar-refractivity contribution is 6.33. The van der Waals surface area contributed by atoms with Gasteiger partial charge in [0.05, 0.1) is 5.02 Å². The Kier molecular flexibility index (Phi) is 6.32. The van der Waals surface area contributed by atoms with Crippen LogP contribution in [-0.4, -0.2) is 26.6 Å². The molecule has 7 nitrogen and oxygen atoms in total. The van der Waals surface area contributed by atoms with Gasteiger partial charge in [0.2, 0.25) is 5.91 Å². The molecule has 8 heteroatoms. The Morgan fingerprint density at radius 3 is 2.65 bits per heavy atom. The lowest BCUT2D eigenvalue weighted by molar-refractivity contribution is -0.119. The van der Waals surface area contributed by atoms with Gasteiger partial charge in [-0.15, -0.1) is 10.2 Å². The molecule has 2 amide bonds. The molecule has 2 aromatic carbocycles. The first-order valence-electron chi connectivity index (χ1n) is 10.4. The zero-order chi connectivity index (χ0) is 21.8. The van der Waals surface area contributed by atoms with E-state index in [0.29, 0.717) is 22.8 Å². The van der Waals surface area contributed by atoms with Gasteiger partial charge in [0, 0.05) is 43.2 Å². The van der Waals surface area contributed by atoms with Crippen molar-refractivity contribution in [1.29, 1.82) is 0 Å². The molecule has 0 bridgehead atoms. The molecule has 31 heavy (non-hydrogen) atoms. The summed E-state index contributed by atoms with van der Waals surface area (Å²) in [5.41, 5.74) is 2.84. The van der Waals surface area contributed by atoms with Crippen molar-refractivity contribution in [3.05, 3.63) is 64.4 Å². The number of nitrogens with one attached hydrogen (secondary N) is 2. The Bertz CT molecular complexity index is 1110. The van der Waals surface area contributed by atoms with Gasteiger partial charge in [-0.25, -0.2) is 0 Å². The largest absolute Gasteiger partial charge is 0.352 e. The first-order chi connectivity index (χ1) is 15.0. The number of rotatable bonds is 5. The number of aromatic nitrogens is 3. The molecule has 0 unspecified atom stereocenters. The molecule has 1 aliphatic rings. The molecule has 0 fully saturated rings. The van der Waals surface area contributed by atoms with Crippen molar-refractivity contribution in [2.24, 2.45) is 0 Å². The summed E-state index contributed by atoms with van der Waals surface area (Å²) in [4.78, 5) is 23.7. The average Bonchev–Trinajstić information content (AvgIpc) is 3.01. The second-order valence-electron chi connectivity index (χ2n) is 7.66. The van der Waals surface area contributed by atoms with Gasteiger partial charge in [-0.1, -0.05) is 30.2 Å². The van der Waals surface area contributed by atoms with Crippen molar-refractivity contribution in [3.63, 3.8) is 0 Å². The SMILES string of the molecule is CC(=O)NCc1ccc(C(=O)Nc2ccc(Cl)c(-c3nnc4n3CCCCC4)c2)cc1. The maximum atomic E-state index is 12.7. The van der Waals surface area contributed by atoms with E-state index in [4.69, 9.17) is 11.6 Å². The van der Waals surface area contributed by atoms with Crippen LogP contribution in [0.15, 0.2) is 42.5 Å². The number of hydrogen-bond acceptors (Lipinski definition) is 4. The van der Waals surface area contributed by atoms with E-state index in [1.807, 2.05) is 18.2 Å². The highest BCUT2D eigenvalue weighted by Gasteiger charge is 2.18. The van der Waals surface area contributed by atoms with Gasteiger partial charge in [0.25, 0.3) is 5.91 Å². The van der Waals surface area contributed by atoms with Gasteiger partial charge in [-0.2, -0.15) is 0 Å². The van der Waals surface area contributed by atoms with E-state index in [-0.39, 0.29) is 11.8 Å². The van der Waals surface area contributed by atoms with Crippen LogP contribution in [0.25, 0.3) is 11.4 Å². The minimum atomic E-state index is -0.223. The lowest BCUT2D eigenvalue weighted by atomic mass is 10.1. The summed E-state index contributed by atoms with van der Waals surface area (Å²) in [6, 6.07) is 12.5. The first kappa shape index (κ1) is 21.1. The van der Waals surface area contributed by atoms with Gasteiger partial charge in [-0.05, 0) is 48.7 Å². The maximum absolute atomic E-state index is 12.7. The molecule has 0 saturated heterocycles. The molecule has 4 rings (SSSR count). The van der Waals surface area contributed by atoms with E-state index in [2.05, 4.69) is 25.4 Å². The monoisotopic (exact) mass is 437 g/mol. The molecular formula is C23H24ClN5O2. The number of nitrogens with zero attached hydrogens (tertiary/aromatic N) is 3. The lowest BCUT2D eigenvalue weighted by Crippen LogP contribution is -2.19. The molecule has 1 aromatic heterocycles. The minimum Gasteiger partial charge on any atom is -0.352 e. The van der Waals surface area contributed by atoms with E-state index in [1.165, 1.54) is 13.3 Å². The number of carbonyl (C=O) groups excluding carboxylic acids is 2. The Morgan fingerprint density at radius 2 is 1.87 bits per heavy atom. The van der Waals surface area contributed by atoms with Crippen molar-refractivity contribution < 1.29 is 9.59 Å². The van der Waals surface area contributed by atoms with E-state index >= 15 is 0 Å². The van der Waals surface area contributed by atoms with Crippen LogP contribution >= 0.6 is 11.6 Å². The van der Waals surface area contributed by atoms with Crippen LogP contribution in [0.3, 0.4) is 0 Å². The van der Waals surface area contributed by atoms with Crippen molar-refractivity contribution in [1.82, 2.24) is 20.1 Å². The fraction of sp³-hybridized carbons (Fsp3) is 0.304. The second-order valence-corrected chi connectivity index (χ2v) is 8.06. The second kappa shape index (κ2) is 9.31. The summed E-state index contributed by atoms with van der Waals surface area (Å²) in [5.74, 6) is 1.40. The number of carbonyl (C=O) groups is 2. The number of amides is 2. The molecule has 2 heterocycles. The number of aryl methyl sites for hydroxylation is 1. The summed E-state index contributed by atoms with van der Waals surface area (Å²) in [6.07, 6.45) is 4.30. The van der Waals surface area contributed by atoms with E-state index < -0.39 is 0 Å². The molecule has 0 saturated carbocycles. The van der Waals surface area contributed by atoms with Crippen LogP contribution in [0.4, 0.5) is 5.69 Å². The van der Waals surface area contributed by atoms with Gasteiger partial charge in [0.1, 0.15) is 5.82 Å². The van der Waals surface area contributed by atoms with E-state index in [1.54, 1.807) is 24.3 Å². The third-order valence-corrected chi connectivity index (χ3v) is 5.66.